The van der Waals surface area contributed by atoms with E-state index in [-0.39, 0.29) is 35.0 Å². The molecule has 5 aliphatic rings. The van der Waals surface area contributed by atoms with E-state index in [4.69, 9.17) is 61.2 Å². The van der Waals surface area contributed by atoms with Gasteiger partial charge in [-0.05, 0) is 68.8 Å². The van der Waals surface area contributed by atoms with E-state index in [1.165, 1.54) is 13.2 Å². The van der Waals surface area contributed by atoms with Crippen LogP contribution in [0.5, 0.6) is 0 Å². The van der Waals surface area contributed by atoms with Gasteiger partial charge in [-0.2, -0.15) is 0 Å². The van der Waals surface area contributed by atoms with Crippen molar-refractivity contribution in [3.05, 3.63) is 22.8 Å². The third-order valence-corrected chi connectivity index (χ3v) is 11.6. The first-order chi connectivity index (χ1) is 15.2. The molecule has 0 N–H and O–H groups in total. The number of hydrogen-bond acceptors (Lipinski definition) is 5. The van der Waals surface area contributed by atoms with Crippen LogP contribution in [0, 0.1) is 22.7 Å². The van der Waals surface area contributed by atoms with E-state index in [1.807, 2.05) is 20.8 Å². The first-order valence-corrected chi connectivity index (χ1v) is 12.9. The monoisotopic (exact) mass is 536 g/mol. The third-order valence-electron chi connectivity index (χ3n) is 9.14. The number of thiocarbonyl (C=S) groups is 1. The van der Waals surface area contributed by atoms with Gasteiger partial charge in [0, 0.05) is 10.8 Å². The highest BCUT2D eigenvalue weighted by molar-refractivity contribution is 7.80. The van der Waals surface area contributed by atoms with Gasteiger partial charge in [0.25, 0.3) is 0 Å². The molecule has 0 radical (unpaired) electrons. The lowest BCUT2D eigenvalue weighted by Gasteiger charge is -2.64. The molecule has 0 unspecified atom stereocenters. The summed E-state index contributed by atoms with van der Waals surface area (Å²) in [7, 11) is 1.54. The molecule has 0 aromatic heterocycles. The van der Waals surface area contributed by atoms with Crippen molar-refractivity contribution in [2.45, 2.75) is 80.9 Å². The summed E-state index contributed by atoms with van der Waals surface area (Å²) in [5.41, 5.74) is -2.37. The second-order valence-electron chi connectivity index (χ2n) is 11.0. The maximum Gasteiger partial charge on any atom is 0.196 e. The molecule has 1 aliphatic heterocycles. The van der Waals surface area contributed by atoms with Gasteiger partial charge < -0.3 is 14.2 Å². The highest BCUT2D eigenvalue weighted by Gasteiger charge is 2.79. The van der Waals surface area contributed by atoms with Crippen molar-refractivity contribution in [3.8, 4) is 0 Å². The van der Waals surface area contributed by atoms with Gasteiger partial charge in [-0.25, -0.2) is 4.39 Å². The Kier molecular flexibility index (Phi) is 5.31. The molecule has 0 bridgehead atoms. The maximum absolute atomic E-state index is 15.8. The van der Waals surface area contributed by atoms with E-state index >= 15 is 4.39 Å². The molecule has 0 spiro atoms. The molecule has 5 rings (SSSR count). The van der Waals surface area contributed by atoms with Crippen LogP contribution in [0.2, 0.25) is 0 Å². The highest BCUT2D eigenvalue weighted by atomic mass is 35.5. The minimum atomic E-state index is -1.41. The molecular formula is C24H28Cl3FO4S. The average Bonchev–Trinajstić information content (AvgIpc) is 3.13. The summed E-state index contributed by atoms with van der Waals surface area (Å²) >= 11 is 26.8. The Bertz CT molecular complexity index is 1020. The zero-order valence-electron chi connectivity index (χ0n) is 19.2. The number of rotatable bonds is 1. The largest absolute Gasteiger partial charge is 0.487 e. The Hall–Kier alpha value is -0.240. The molecule has 4 fully saturated rings. The summed E-state index contributed by atoms with van der Waals surface area (Å²) in [5.74, 6) is -1.68. The topological polar surface area (TPSA) is 44.8 Å². The smallest absolute Gasteiger partial charge is 0.196 e. The van der Waals surface area contributed by atoms with Gasteiger partial charge in [0.15, 0.2) is 22.2 Å². The van der Waals surface area contributed by atoms with E-state index in [2.05, 4.69) is 6.92 Å². The van der Waals surface area contributed by atoms with Crippen LogP contribution in [0.4, 0.5) is 4.39 Å². The second-order valence-corrected chi connectivity index (χ2v) is 12.9. The zero-order valence-corrected chi connectivity index (χ0v) is 22.3. The SMILES string of the molecule is COC(=S)[C@@]12OC(C)(C)O[C@@H]1C[C@H]1[C@@H]3C[C@H](F)C4=C(Cl)C(=O)C=C[C@]4(C)[C@@]3(Cl)[C@@H](Cl)C[C@@]12C. The van der Waals surface area contributed by atoms with Crippen molar-refractivity contribution in [3.63, 3.8) is 0 Å². The molecular weight excluding hydrogens is 510 g/mol. The highest BCUT2D eigenvalue weighted by Crippen LogP contribution is 2.74. The first-order valence-electron chi connectivity index (χ1n) is 11.3. The fourth-order valence-electron chi connectivity index (χ4n) is 7.83. The molecule has 4 aliphatic carbocycles. The molecule has 0 aromatic rings. The van der Waals surface area contributed by atoms with E-state index in [9.17, 15) is 4.79 Å². The summed E-state index contributed by atoms with van der Waals surface area (Å²) < 4.78 is 34.3. The van der Waals surface area contributed by atoms with Crippen molar-refractivity contribution in [1.29, 1.82) is 0 Å². The van der Waals surface area contributed by atoms with Gasteiger partial charge in [0.1, 0.15) is 6.17 Å². The number of allylic oxidation sites excluding steroid dienone is 4. The van der Waals surface area contributed by atoms with Gasteiger partial charge in [0.05, 0.1) is 28.5 Å². The Morgan fingerprint density at radius 2 is 1.91 bits per heavy atom. The number of ether oxygens (including phenoxy) is 3. The molecule has 9 heteroatoms. The molecule has 182 valence electrons. The normalized spacial score (nSPS) is 52.2. The fourth-order valence-corrected chi connectivity index (χ4v) is 9.81. The molecule has 33 heavy (non-hydrogen) atoms. The first kappa shape index (κ1) is 24.5. The lowest BCUT2D eigenvalue weighted by molar-refractivity contribution is -0.197. The predicted octanol–water partition coefficient (Wildman–Crippen LogP) is 5.86. The molecule has 4 nitrogen and oxygen atoms in total. The van der Waals surface area contributed by atoms with Crippen LogP contribution in [-0.2, 0) is 19.0 Å². The predicted molar refractivity (Wildman–Crippen MR) is 130 cm³/mol. The number of halogens is 4. The van der Waals surface area contributed by atoms with Crippen molar-refractivity contribution in [2.75, 3.05) is 7.11 Å². The van der Waals surface area contributed by atoms with Gasteiger partial charge in [-0.15, -0.1) is 23.2 Å². The van der Waals surface area contributed by atoms with Crippen molar-refractivity contribution >= 4 is 57.9 Å². The second kappa shape index (κ2) is 7.17. The van der Waals surface area contributed by atoms with Crippen LogP contribution < -0.4 is 0 Å². The van der Waals surface area contributed by atoms with Gasteiger partial charge in [-0.3, -0.25) is 4.79 Å². The number of methoxy groups -OCH3 is 1. The number of alkyl halides is 3. The Morgan fingerprint density at radius 1 is 1.24 bits per heavy atom. The van der Waals surface area contributed by atoms with E-state index in [0.717, 1.165) is 0 Å². The fraction of sp³-hybridized carbons (Fsp3) is 0.750. The Labute approximate surface area is 214 Å². The standard InChI is InChI=1S/C24H28Cl3FO4S/c1-20(2)31-16-9-11-12-8-13(28)17-18(26)14(29)6-7-21(17,3)23(12,27)15(25)10-22(11,4)24(16,32-20)19(33)30-5/h6-7,11-13,15-16H,8-10H2,1-5H3/t11-,12-,13-,15-,16+,21-,22-,23-,24-/m0/s1. The lowest BCUT2D eigenvalue weighted by atomic mass is 9.46. The van der Waals surface area contributed by atoms with Crippen LogP contribution in [0.15, 0.2) is 22.8 Å². The Morgan fingerprint density at radius 3 is 2.55 bits per heavy atom. The lowest BCUT2D eigenvalue weighted by Crippen LogP contribution is -2.69. The van der Waals surface area contributed by atoms with E-state index in [0.29, 0.717) is 17.9 Å². The summed E-state index contributed by atoms with van der Waals surface area (Å²) in [5, 5.41) is -0.348. The maximum atomic E-state index is 15.8. The molecule has 9 atom stereocenters. The van der Waals surface area contributed by atoms with Gasteiger partial charge >= 0.3 is 0 Å². The molecule has 0 aromatic carbocycles. The van der Waals surface area contributed by atoms with Crippen molar-refractivity contribution in [1.82, 2.24) is 0 Å². The van der Waals surface area contributed by atoms with Crippen LogP contribution in [0.1, 0.15) is 47.0 Å². The van der Waals surface area contributed by atoms with Crippen LogP contribution in [0.25, 0.3) is 0 Å². The van der Waals surface area contributed by atoms with Crippen molar-refractivity contribution < 1.29 is 23.4 Å². The molecule has 3 saturated carbocycles. The average molecular weight is 538 g/mol. The molecule has 0 amide bonds. The number of fused-ring (bicyclic) bond motifs is 7. The van der Waals surface area contributed by atoms with Gasteiger partial charge in [-0.1, -0.05) is 31.5 Å². The van der Waals surface area contributed by atoms with Crippen LogP contribution in [-0.4, -0.2) is 51.9 Å². The quantitative estimate of drug-likeness (QED) is 0.310. The molecule has 1 heterocycles. The number of carbonyl (C=O) groups is 1. The summed E-state index contributed by atoms with van der Waals surface area (Å²) in [4.78, 5) is 11.2. The van der Waals surface area contributed by atoms with Crippen LogP contribution in [0.3, 0.4) is 0 Å². The summed E-state index contributed by atoms with van der Waals surface area (Å²) in [6.45, 7) is 7.66. The number of hydrogen-bond donors (Lipinski definition) is 0. The summed E-state index contributed by atoms with van der Waals surface area (Å²) in [6, 6.07) is 0. The van der Waals surface area contributed by atoms with Crippen LogP contribution >= 0.6 is 47.0 Å². The van der Waals surface area contributed by atoms with E-state index in [1.54, 1.807) is 6.08 Å². The molecule has 1 saturated heterocycles. The van der Waals surface area contributed by atoms with Crippen molar-refractivity contribution in [2.24, 2.45) is 22.7 Å². The zero-order chi connectivity index (χ0) is 24.4. The van der Waals surface area contributed by atoms with E-state index < -0.39 is 44.4 Å². The number of carbonyl (C=O) groups excluding carboxylic acids is 1. The third kappa shape index (κ3) is 2.72. The minimum Gasteiger partial charge on any atom is -0.487 e. The Balaban J connectivity index is 1.67. The number of ketones is 1. The minimum absolute atomic E-state index is 0.0862. The van der Waals surface area contributed by atoms with Gasteiger partial charge in [0.2, 0.25) is 0 Å². The summed E-state index contributed by atoms with van der Waals surface area (Å²) in [6.07, 6.45) is 2.46.